The van der Waals surface area contributed by atoms with Crippen LogP contribution in [0.2, 0.25) is 0 Å². The van der Waals surface area contributed by atoms with Crippen LogP contribution < -0.4 is 10.6 Å². The van der Waals surface area contributed by atoms with Crippen molar-refractivity contribution < 1.29 is 36.7 Å². The third-order valence-electron chi connectivity index (χ3n) is 8.37. The number of hydrogen-bond acceptors (Lipinski definition) is 6. The standard InChI is InChI=1S/C34H40F4N6O4/c1-4-31(46)40-28(33(48)43-16-14-42(3)15-17-43)20-23-8-11-27(26(35)19-23)41-32(47)24(21-30(45)29-12-13-39-44(29)5-2)18-22-6-9-25(10-7-22)34(36,37)38/h6-13,19,24,28H,4-5,14-18,20-21H2,1-3H3,(H,40,46)(H,41,47)/t24-,28-/m1/s1. The molecule has 48 heavy (non-hydrogen) atoms. The van der Waals surface area contributed by atoms with Crippen LogP contribution in [0.3, 0.4) is 0 Å². The Bertz CT molecular complexity index is 1600. The number of carbonyl (C=O) groups excluding carboxylic acids is 4. The van der Waals surface area contributed by atoms with Crippen molar-refractivity contribution in [2.75, 3.05) is 38.5 Å². The van der Waals surface area contributed by atoms with Crippen LogP contribution >= 0.6 is 0 Å². The predicted octanol–water partition coefficient (Wildman–Crippen LogP) is 4.34. The summed E-state index contributed by atoms with van der Waals surface area (Å²) >= 11 is 0. The lowest BCUT2D eigenvalue weighted by Crippen LogP contribution is -2.54. The number of piperazine rings is 1. The van der Waals surface area contributed by atoms with E-state index in [1.165, 1.54) is 47.3 Å². The van der Waals surface area contributed by atoms with E-state index < -0.39 is 41.2 Å². The maximum absolute atomic E-state index is 15.4. The van der Waals surface area contributed by atoms with Gasteiger partial charge in [-0.05, 0) is 61.9 Å². The molecule has 3 aromatic rings. The summed E-state index contributed by atoms with van der Waals surface area (Å²) < 4.78 is 56.2. The fourth-order valence-corrected chi connectivity index (χ4v) is 5.52. The van der Waals surface area contributed by atoms with Crippen LogP contribution in [0.1, 0.15) is 53.9 Å². The van der Waals surface area contributed by atoms with E-state index in [1.807, 2.05) is 7.05 Å². The normalized spacial score (nSPS) is 15.1. The van der Waals surface area contributed by atoms with Crippen molar-refractivity contribution in [2.24, 2.45) is 5.92 Å². The zero-order chi connectivity index (χ0) is 35.0. The van der Waals surface area contributed by atoms with E-state index in [2.05, 4.69) is 20.6 Å². The van der Waals surface area contributed by atoms with Gasteiger partial charge in [0.15, 0.2) is 5.78 Å². The molecule has 10 nitrogen and oxygen atoms in total. The molecule has 258 valence electrons. The first-order valence-corrected chi connectivity index (χ1v) is 15.9. The molecule has 3 amide bonds. The Labute approximate surface area is 276 Å². The summed E-state index contributed by atoms with van der Waals surface area (Å²) in [6.07, 6.45) is -3.27. The van der Waals surface area contributed by atoms with E-state index in [4.69, 9.17) is 0 Å². The monoisotopic (exact) mass is 672 g/mol. The van der Waals surface area contributed by atoms with Crippen LogP contribution in [0.25, 0.3) is 0 Å². The minimum absolute atomic E-state index is 0.0260. The Morgan fingerprint density at radius 1 is 0.917 bits per heavy atom. The highest BCUT2D eigenvalue weighted by atomic mass is 19.4. The molecule has 0 saturated carbocycles. The van der Waals surface area contributed by atoms with Crippen LogP contribution in [-0.2, 0) is 39.9 Å². The van der Waals surface area contributed by atoms with Gasteiger partial charge in [0.05, 0.1) is 11.3 Å². The quantitative estimate of drug-likeness (QED) is 0.206. The number of likely N-dealkylation sites (N-methyl/N-ethyl adjacent to an activating group) is 1. The van der Waals surface area contributed by atoms with Gasteiger partial charge in [-0.2, -0.15) is 18.3 Å². The number of anilines is 1. The van der Waals surface area contributed by atoms with Crippen LogP contribution in [0.5, 0.6) is 0 Å². The number of aryl methyl sites for hydroxylation is 1. The van der Waals surface area contributed by atoms with E-state index in [9.17, 15) is 32.3 Å². The minimum Gasteiger partial charge on any atom is -0.344 e. The van der Waals surface area contributed by atoms with Crippen LogP contribution in [0.15, 0.2) is 54.7 Å². The molecule has 0 radical (unpaired) electrons. The minimum atomic E-state index is -4.53. The van der Waals surface area contributed by atoms with Gasteiger partial charge in [-0.1, -0.05) is 25.1 Å². The van der Waals surface area contributed by atoms with Gasteiger partial charge < -0.3 is 20.4 Å². The van der Waals surface area contributed by atoms with Gasteiger partial charge in [0.1, 0.15) is 17.6 Å². The van der Waals surface area contributed by atoms with Gasteiger partial charge >= 0.3 is 6.18 Å². The highest BCUT2D eigenvalue weighted by Crippen LogP contribution is 2.30. The number of benzene rings is 2. The number of nitrogens with zero attached hydrogens (tertiary/aromatic N) is 4. The van der Waals surface area contributed by atoms with Crippen LogP contribution in [-0.4, -0.2) is 82.4 Å². The highest BCUT2D eigenvalue weighted by Gasteiger charge is 2.31. The van der Waals surface area contributed by atoms with E-state index in [0.29, 0.717) is 43.9 Å². The molecule has 0 bridgehead atoms. The number of amides is 3. The molecule has 2 aromatic carbocycles. The number of nitrogens with one attached hydrogen (secondary N) is 2. The largest absolute Gasteiger partial charge is 0.416 e. The van der Waals surface area contributed by atoms with E-state index in [0.717, 1.165) is 12.1 Å². The topological polar surface area (TPSA) is 117 Å². The van der Waals surface area contributed by atoms with Crippen molar-refractivity contribution in [2.45, 2.75) is 58.3 Å². The van der Waals surface area contributed by atoms with Crippen LogP contribution in [0.4, 0.5) is 23.2 Å². The van der Waals surface area contributed by atoms with Gasteiger partial charge in [0.2, 0.25) is 17.7 Å². The van der Waals surface area contributed by atoms with Crippen molar-refractivity contribution in [3.05, 3.63) is 82.9 Å². The first-order chi connectivity index (χ1) is 22.8. The van der Waals surface area contributed by atoms with Gasteiger partial charge in [0, 0.05) is 64.1 Å². The molecule has 14 heteroatoms. The Kier molecular flexibility index (Phi) is 12.1. The summed E-state index contributed by atoms with van der Waals surface area (Å²) in [5, 5.41) is 9.35. The Morgan fingerprint density at radius 2 is 1.58 bits per heavy atom. The summed E-state index contributed by atoms with van der Waals surface area (Å²) in [4.78, 5) is 56.1. The lowest BCUT2D eigenvalue weighted by molar-refractivity contribution is -0.138. The smallest absolute Gasteiger partial charge is 0.344 e. The molecule has 1 fully saturated rings. The third kappa shape index (κ3) is 9.49. The summed E-state index contributed by atoms with van der Waals surface area (Å²) in [6.45, 7) is 6.26. The lowest BCUT2D eigenvalue weighted by Gasteiger charge is -2.34. The fourth-order valence-electron chi connectivity index (χ4n) is 5.52. The van der Waals surface area contributed by atoms with Crippen molar-refractivity contribution in [1.29, 1.82) is 0 Å². The highest BCUT2D eigenvalue weighted by molar-refractivity contribution is 6.00. The third-order valence-corrected chi connectivity index (χ3v) is 8.37. The van der Waals surface area contributed by atoms with Gasteiger partial charge in [-0.3, -0.25) is 23.9 Å². The molecular formula is C34H40F4N6O4. The Hall–Kier alpha value is -4.59. The second-order valence-corrected chi connectivity index (χ2v) is 11.9. The van der Waals surface area contributed by atoms with E-state index >= 15 is 4.39 Å². The SMILES string of the molecule is CCC(=O)N[C@H](Cc1ccc(NC(=O)[C@@H](CC(=O)c2ccnn2CC)Cc2ccc(C(F)(F)F)cc2)c(F)c1)C(=O)N1CCN(C)CC1. The molecule has 2 atom stereocenters. The number of hydrogen-bond donors (Lipinski definition) is 2. The summed E-state index contributed by atoms with van der Waals surface area (Å²) in [7, 11) is 1.96. The average molecular weight is 673 g/mol. The first kappa shape index (κ1) is 36.2. The number of alkyl halides is 3. The zero-order valence-corrected chi connectivity index (χ0v) is 27.1. The van der Waals surface area contributed by atoms with Crippen LogP contribution in [0, 0.1) is 11.7 Å². The predicted molar refractivity (Wildman–Crippen MR) is 171 cm³/mol. The van der Waals surface area contributed by atoms with E-state index in [1.54, 1.807) is 18.7 Å². The van der Waals surface area contributed by atoms with E-state index in [-0.39, 0.29) is 48.9 Å². The number of halogens is 4. The molecular weight excluding hydrogens is 632 g/mol. The Balaban J connectivity index is 1.52. The molecule has 2 N–H and O–H groups in total. The fraction of sp³-hybridized carbons (Fsp3) is 0.441. The molecule has 0 aliphatic carbocycles. The second-order valence-electron chi connectivity index (χ2n) is 11.9. The molecule has 0 unspecified atom stereocenters. The molecule has 1 aliphatic rings. The van der Waals surface area contributed by atoms with Crippen molar-refractivity contribution in [3.8, 4) is 0 Å². The zero-order valence-electron chi connectivity index (χ0n) is 27.1. The lowest BCUT2D eigenvalue weighted by atomic mass is 9.92. The number of aromatic nitrogens is 2. The summed E-state index contributed by atoms with van der Waals surface area (Å²) in [5.41, 5.74) is 0.0551. The molecule has 4 rings (SSSR count). The molecule has 0 spiro atoms. The summed E-state index contributed by atoms with van der Waals surface area (Å²) in [6, 6.07) is 8.96. The number of carbonyl (C=O) groups is 4. The molecule has 2 heterocycles. The number of Topliss-reactive ketones (excluding diaryl/α,β-unsaturated/α-hetero) is 1. The van der Waals surface area contributed by atoms with Crippen molar-refractivity contribution in [1.82, 2.24) is 24.9 Å². The second kappa shape index (κ2) is 16.0. The number of rotatable bonds is 13. The number of ketones is 1. The maximum atomic E-state index is 15.4. The van der Waals surface area contributed by atoms with Gasteiger partial charge in [-0.25, -0.2) is 4.39 Å². The molecule has 1 saturated heterocycles. The Morgan fingerprint density at radius 3 is 2.19 bits per heavy atom. The first-order valence-electron chi connectivity index (χ1n) is 15.9. The van der Waals surface area contributed by atoms with Crippen molar-refractivity contribution in [3.63, 3.8) is 0 Å². The molecule has 1 aromatic heterocycles. The average Bonchev–Trinajstić information content (AvgIpc) is 3.54. The van der Waals surface area contributed by atoms with Gasteiger partial charge in [-0.15, -0.1) is 0 Å². The summed E-state index contributed by atoms with van der Waals surface area (Å²) in [5.74, 6) is -3.52. The maximum Gasteiger partial charge on any atom is 0.416 e. The van der Waals surface area contributed by atoms with Gasteiger partial charge in [0.25, 0.3) is 0 Å². The van der Waals surface area contributed by atoms with Crippen molar-refractivity contribution >= 4 is 29.2 Å². The molecule has 1 aliphatic heterocycles.